The van der Waals surface area contributed by atoms with Crippen molar-refractivity contribution >= 4 is 17.5 Å². The third-order valence-electron chi connectivity index (χ3n) is 3.96. The molecule has 1 aliphatic carbocycles. The lowest BCUT2D eigenvalue weighted by Crippen LogP contribution is -2.20. The Labute approximate surface area is 159 Å². The summed E-state index contributed by atoms with van der Waals surface area (Å²) in [6.45, 7) is 6.28. The van der Waals surface area contributed by atoms with Crippen LogP contribution in [0.3, 0.4) is 0 Å². The highest BCUT2D eigenvalue weighted by Gasteiger charge is 2.29. The van der Waals surface area contributed by atoms with Crippen molar-refractivity contribution < 1.29 is 19.1 Å². The predicted molar refractivity (Wildman–Crippen MR) is 105 cm³/mol. The summed E-state index contributed by atoms with van der Waals surface area (Å²) in [7, 11) is 3.85. The van der Waals surface area contributed by atoms with Crippen LogP contribution in [0.1, 0.15) is 27.6 Å². The Kier molecular flexibility index (Phi) is 6.79. The van der Waals surface area contributed by atoms with E-state index in [4.69, 9.17) is 4.74 Å². The maximum Gasteiger partial charge on any atom is 0.333 e. The fraction of sp³-hybridized carbons (Fsp3) is 0.227. The second kappa shape index (κ2) is 9.05. The number of carbonyl (C=O) groups excluding carboxylic acids is 3. The zero-order valence-corrected chi connectivity index (χ0v) is 15.8. The number of fused-ring (bicyclic) bond motifs is 3. The van der Waals surface area contributed by atoms with Gasteiger partial charge in [-0.2, -0.15) is 0 Å². The SMILES string of the molecule is C=C(C)C(=O)OCCN(C)C.O=C1C(=O)c2ccccc2-c2ccccc21. The first-order valence-corrected chi connectivity index (χ1v) is 8.57. The van der Waals surface area contributed by atoms with Gasteiger partial charge in [-0.3, -0.25) is 9.59 Å². The number of hydrogen-bond acceptors (Lipinski definition) is 5. The van der Waals surface area contributed by atoms with Gasteiger partial charge in [0.05, 0.1) is 0 Å². The largest absolute Gasteiger partial charge is 0.461 e. The van der Waals surface area contributed by atoms with Gasteiger partial charge in [0.2, 0.25) is 11.6 Å². The number of ether oxygens (including phenoxy) is 1. The van der Waals surface area contributed by atoms with Crippen LogP contribution in [0.2, 0.25) is 0 Å². The highest BCUT2D eigenvalue weighted by atomic mass is 16.5. The summed E-state index contributed by atoms with van der Waals surface area (Å²) in [6, 6.07) is 14.4. The molecule has 2 aromatic carbocycles. The molecule has 0 N–H and O–H groups in total. The lowest BCUT2D eigenvalue weighted by atomic mass is 9.84. The zero-order chi connectivity index (χ0) is 20.0. The molecule has 0 atom stereocenters. The fourth-order valence-corrected chi connectivity index (χ4v) is 2.52. The molecule has 5 heteroatoms. The van der Waals surface area contributed by atoms with Crippen molar-refractivity contribution in [2.24, 2.45) is 0 Å². The maximum absolute atomic E-state index is 11.8. The van der Waals surface area contributed by atoms with Crippen molar-refractivity contribution in [3.8, 4) is 11.1 Å². The Morgan fingerprint density at radius 2 is 1.30 bits per heavy atom. The molecule has 27 heavy (non-hydrogen) atoms. The highest BCUT2D eigenvalue weighted by molar-refractivity contribution is 6.52. The van der Waals surface area contributed by atoms with Crippen LogP contribution >= 0.6 is 0 Å². The van der Waals surface area contributed by atoms with Crippen LogP contribution in [-0.4, -0.2) is 49.7 Å². The van der Waals surface area contributed by atoms with E-state index in [1.54, 1.807) is 31.2 Å². The number of esters is 1. The average Bonchev–Trinajstić information content (AvgIpc) is 2.66. The molecular weight excluding hydrogens is 342 g/mol. The molecule has 0 fully saturated rings. The first-order chi connectivity index (χ1) is 12.8. The number of nitrogens with zero attached hydrogens (tertiary/aromatic N) is 1. The number of hydrogen-bond donors (Lipinski definition) is 0. The smallest absolute Gasteiger partial charge is 0.333 e. The maximum atomic E-state index is 11.8. The van der Waals surface area contributed by atoms with Crippen molar-refractivity contribution in [2.45, 2.75) is 6.92 Å². The van der Waals surface area contributed by atoms with Gasteiger partial charge in [-0.1, -0.05) is 55.1 Å². The van der Waals surface area contributed by atoms with Crippen molar-refractivity contribution in [1.82, 2.24) is 4.90 Å². The highest BCUT2D eigenvalue weighted by Crippen LogP contribution is 2.32. The molecule has 0 aliphatic heterocycles. The molecule has 140 valence electrons. The van der Waals surface area contributed by atoms with E-state index in [1.807, 2.05) is 43.3 Å². The third-order valence-corrected chi connectivity index (χ3v) is 3.96. The molecule has 0 spiro atoms. The zero-order valence-electron chi connectivity index (χ0n) is 15.8. The normalized spacial score (nSPS) is 11.9. The minimum Gasteiger partial charge on any atom is -0.461 e. The number of benzene rings is 2. The van der Waals surface area contributed by atoms with Gasteiger partial charge < -0.3 is 9.64 Å². The third kappa shape index (κ3) is 4.99. The van der Waals surface area contributed by atoms with Crippen LogP contribution in [0.15, 0.2) is 60.7 Å². The van der Waals surface area contributed by atoms with Crippen molar-refractivity contribution in [2.75, 3.05) is 27.2 Å². The van der Waals surface area contributed by atoms with Gasteiger partial charge in [0.25, 0.3) is 0 Å². The van der Waals surface area contributed by atoms with E-state index in [-0.39, 0.29) is 5.97 Å². The molecule has 0 amide bonds. The number of Topliss-reactive ketones (excluding diaryl/α,β-unsaturated/α-hetero) is 2. The van der Waals surface area contributed by atoms with E-state index in [0.29, 0.717) is 23.3 Å². The van der Waals surface area contributed by atoms with Crippen LogP contribution in [0.25, 0.3) is 11.1 Å². The summed E-state index contributed by atoms with van der Waals surface area (Å²) in [5.41, 5.74) is 3.16. The van der Waals surface area contributed by atoms with Gasteiger partial charge in [-0.15, -0.1) is 0 Å². The van der Waals surface area contributed by atoms with Gasteiger partial charge >= 0.3 is 5.97 Å². The molecule has 3 rings (SSSR count). The first-order valence-electron chi connectivity index (χ1n) is 8.57. The molecular formula is C22H23NO4. The average molecular weight is 365 g/mol. The van der Waals surface area contributed by atoms with Gasteiger partial charge in [-0.05, 0) is 32.1 Å². The van der Waals surface area contributed by atoms with E-state index in [9.17, 15) is 14.4 Å². The van der Waals surface area contributed by atoms with E-state index < -0.39 is 11.6 Å². The van der Waals surface area contributed by atoms with E-state index in [0.717, 1.165) is 17.7 Å². The van der Waals surface area contributed by atoms with Gasteiger partial charge in [0.15, 0.2) is 0 Å². The Morgan fingerprint density at radius 1 is 0.889 bits per heavy atom. The fourth-order valence-electron chi connectivity index (χ4n) is 2.52. The standard InChI is InChI=1S/C14H8O2.C8H15NO2/c15-13-11-7-3-1-5-9(11)10-6-2-4-8-12(10)14(13)16;1-7(2)8(10)11-6-5-9(3)4/h1-8H;1,5-6H2,2-4H3. The van der Waals surface area contributed by atoms with Crippen LogP contribution in [0.5, 0.6) is 0 Å². The summed E-state index contributed by atoms with van der Waals surface area (Å²) in [5.74, 6) is -1.13. The molecule has 5 nitrogen and oxygen atoms in total. The second-order valence-electron chi connectivity index (χ2n) is 6.47. The van der Waals surface area contributed by atoms with Gasteiger partial charge in [-0.25, -0.2) is 4.79 Å². The molecule has 0 aromatic heterocycles. The number of rotatable bonds is 4. The molecule has 0 radical (unpaired) electrons. The quantitative estimate of drug-likeness (QED) is 0.472. The number of carbonyl (C=O) groups is 3. The van der Waals surface area contributed by atoms with Crippen LogP contribution in [0.4, 0.5) is 0 Å². The Balaban J connectivity index is 0.000000211. The van der Waals surface area contributed by atoms with Gasteiger partial charge in [0.1, 0.15) is 6.61 Å². The summed E-state index contributed by atoms with van der Waals surface area (Å²) in [5, 5.41) is 0. The minimum atomic E-state index is -0.408. The monoisotopic (exact) mass is 365 g/mol. The summed E-state index contributed by atoms with van der Waals surface area (Å²) < 4.78 is 4.83. The predicted octanol–water partition coefficient (Wildman–Crippen LogP) is 3.40. The second-order valence-corrected chi connectivity index (χ2v) is 6.47. The van der Waals surface area contributed by atoms with E-state index in [2.05, 4.69) is 6.58 Å². The molecule has 0 bridgehead atoms. The molecule has 0 unspecified atom stereocenters. The van der Waals surface area contributed by atoms with Crippen molar-refractivity contribution in [1.29, 1.82) is 0 Å². The Hall–Kier alpha value is -3.05. The number of likely N-dealkylation sites (N-methyl/N-ethyl adjacent to an activating group) is 1. The minimum absolute atomic E-state index is 0.313. The lowest BCUT2D eigenvalue weighted by Gasteiger charge is -2.16. The molecule has 0 heterocycles. The van der Waals surface area contributed by atoms with Crippen LogP contribution in [0, 0.1) is 0 Å². The molecule has 1 aliphatic rings. The topological polar surface area (TPSA) is 63.7 Å². The Morgan fingerprint density at radius 3 is 1.67 bits per heavy atom. The molecule has 2 aromatic rings. The van der Waals surface area contributed by atoms with Crippen LogP contribution < -0.4 is 0 Å². The van der Waals surface area contributed by atoms with Crippen LogP contribution in [-0.2, 0) is 9.53 Å². The summed E-state index contributed by atoms with van der Waals surface area (Å²) in [4.78, 5) is 36.4. The van der Waals surface area contributed by atoms with E-state index >= 15 is 0 Å². The first kappa shape index (κ1) is 20.3. The molecule has 0 saturated carbocycles. The lowest BCUT2D eigenvalue weighted by molar-refractivity contribution is -0.139. The molecule has 0 saturated heterocycles. The summed E-state index contributed by atoms with van der Waals surface area (Å²) in [6.07, 6.45) is 0. The van der Waals surface area contributed by atoms with E-state index in [1.165, 1.54) is 0 Å². The number of ketones is 2. The van der Waals surface area contributed by atoms with Crippen molar-refractivity contribution in [3.05, 3.63) is 71.8 Å². The Bertz CT molecular complexity index is 828. The summed E-state index contributed by atoms with van der Waals surface area (Å²) >= 11 is 0. The van der Waals surface area contributed by atoms with Gasteiger partial charge in [0, 0.05) is 23.2 Å². The van der Waals surface area contributed by atoms with Crippen molar-refractivity contribution in [3.63, 3.8) is 0 Å².